The molecule has 0 bridgehead atoms. The molecular weight excluding hydrogens is 393 g/mol. The van der Waals surface area contributed by atoms with Gasteiger partial charge in [0, 0.05) is 37.0 Å². The Hall–Kier alpha value is -3.30. The number of anilines is 2. The largest absolute Gasteiger partial charge is 0.462 e. The van der Waals surface area contributed by atoms with Gasteiger partial charge >= 0.3 is 5.97 Å². The Morgan fingerprint density at radius 1 is 1.30 bits per heavy atom. The number of ether oxygens (including phenoxy) is 1. The second-order valence-corrected chi connectivity index (χ2v) is 7.15. The summed E-state index contributed by atoms with van der Waals surface area (Å²) in [4.78, 5) is 33.5. The van der Waals surface area contributed by atoms with Crippen molar-refractivity contribution < 1.29 is 18.8 Å². The lowest BCUT2D eigenvalue weighted by Crippen LogP contribution is -2.40. The lowest BCUT2D eigenvalue weighted by atomic mass is 10.0. The highest BCUT2D eigenvalue weighted by Crippen LogP contribution is 2.29. The van der Waals surface area contributed by atoms with Gasteiger partial charge in [0.2, 0.25) is 0 Å². The van der Waals surface area contributed by atoms with Crippen LogP contribution in [0.2, 0.25) is 0 Å². The van der Waals surface area contributed by atoms with Crippen molar-refractivity contribution >= 4 is 23.2 Å². The van der Waals surface area contributed by atoms with Crippen molar-refractivity contribution in [3.8, 4) is 0 Å². The highest BCUT2D eigenvalue weighted by molar-refractivity contribution is 5.96. The van der Waals surface area contributed by atoms with Gasteiger partial charge in [-0.25, -0.2) is 19.2 Å². The molecule has 0 radical (unpaired) electrons. The topological polar surface area (TPSA) is 110 Å². The first-order valence-electron chi connectivity index (χ1n) is 9.77. The fourth-order valence-corrected chi connectivity index (χ4v) is 3.53. The number of nitrogens with zero attached hydrogens (tertiary/aromatic N) is 4. The average molecular weight is 417 g/mol. The molecule has 2 aromatic rings. The molecule has 0 unspecified atom stereocenters. The van der Waals surface area contributed by atoms with Crippen LogP contribution in [0.4, 0.5) is 21.6 Å². The number of hydrogen-bond donors (Lipinski definition) is 1. The molecule has 0 aliphatic carbocycles. The minimum atomic E-state index is -0.850. The quantitative estimate of drug-likeness (QED) is 0.433. The van der Waals surface area contributed by atoms with E-state index >= 15 is 0 Å². The number of nitro benzene ring substituents is 1. The monoisotopic (exact) mass is 417 g/mol. The Morgan fingerprint density at radius 3 is 2.60 bits per heavy atom. The Morgan fingerprint density at radius 2 is 2.00 bits per heavy atom. The number of nitro groups is 1. The summed E-state index contributed by atoms with van der Waals surface area (Å²) in [7, 11) is 0. The minimum Gasteiger partial charge on any atom is -0.462 e. The van der Waals surface area contributed by atoms with Crippen molar-refractivity contribution in [2.24, 2.45) is 0 Å². The molecule has 1 aromatic carbocycles. The van der Waals surface area contributed by atoms with Crippen LogP contribution in [0.15, 0.2) is 18.2 Å². The number of non-ortho nitro benzene ring substituents is 1. The Labute approximate surface area is 173 Å². The average Bonchev–Trinajstić information content (AvgIpc) is 2.69. The fourth-order valence-electron chi connectivity index (χ4n) is 3.53. The molecule has 1 aliphatic heterocycles. The summed E-state index contributed by atoms with van der Waals surface area (Å²) in [6, 6.07) is 3.68. The molecule has 1 aliphatic rings. The Kier molecular flexibility index (Phi) is 6.43. The summed E-state index contributed by atoms with van der Waals surface area (Å²) in [5, 5.41) is 14.1. The first-order valence-corrected chi connectivity index (χ1v) is 9.77. The van der Waals surface area contributed by atoms with E-state index in [2.05, 4.69) is 20.2 Å². The summed E-state index contributed by atoms with van der Waals surface area (Å²) in [6.45, 7) is 6.84. The van der Waals surface area contributed by atoms with Gasteiger partial charge in [0.25, 0.3) is 5.69 Å². The third-order valence-electron chi connectivity index (χ3n) is 4.90. The number of benzene rings is 1. The predicted octanol–water partition coefficient (Wildman–Crippen LogP) is 3.40. The molecule has 0 spiro atoms. The lowest BCUT2D eigenvalue weighted by Gasteiger charge is -2.34. The van der Waals surface area contributed by atoms with E-state index in [4.69, 9.17) is 4.74 Å². The summed E-state index contributed by atoms with van der Waals surface area (Å²) in [5.74, 6) is -0.0897. The van der Waals surface area contributed by atoms with Gasteiger partial charge in [-0.05, 0) is 33.6 Å². The van der Waals surface area contributed by atoms with Crippen LogP contribution in [0.25, 0.3) is 0 Å². The number of aromatic nitrogens is 2. The lowest BCUT2D eigenvalue weighted by molar-refractivity contribution is -0.385. The van der Waals surface area contributed by atoms with Gasteiger partial charge in [-0.2, -0.15) is 0 Å². The van der Waals surface area contributed by atoms with Gasteiger partial charge in [0.05, 0.1) is 28.8 Å². The number of nitrogens with one attached hydrogen (secondary N) is 1. The minimum absolute atomic E-state index is 0.0637. The molecular formula is C20H24FN5O4. The number of aryl methyl sites for hydroxylation is 2. The third kappa shape index (κ3) is 4.81. The predicted molar refractivity (Wildman–Crippen MR) is 109 cm³/mol. The Balaban J connectivity index is 1.76. The molecule has 10 heteroatoms. The number of carbonyl (C=O) groups is 1. The van der Waals surface area contributed by atoms with Crippen molar-refractivity contribution in [2.75, 3.05) is 29.9 Å². The highest BCUT2D eigenvalue weighted by Gasteiger charge is 2.26. The second kappa shape index (κ2) is 9.02. The zero-order chi connectivity index (χ0) is 21.8. The van der Waals surface area contributed by atoms with E-state index in [0.29, 0.717) is 31.8 Å². The zero-order valence-electron chi connectivity index (χ0n) is 17.1. The molecule has 0 amide bonds. The Bertz CT molecular complexity index is 940. The van der Waals surface area contributed by atoms with Gasteiger partial charge in [0.1, 0.15) is 11.6 Å². The van der Waals surface area contributed by atoms with Gasteiger partial charge in [-0.15, -0.1) is 0 Å². The highest BCUT2D eigenvalue weighted by atomic mass is 19.1. The van der Waals surface area contributed by atoms with E-state index in [1.807, 2.05) is 19.9 Å². The maximum atomic E-state index is 14.7. The fraction of sp³-hybridized carbons (Fsp3) is 0.450. The molecule has 9 nitrogen and oxygen atoms in total. The smallest absolute Gasteiger partial charge is 0.340 e. The van der Waals surface area contributed by atoms with Crippen molar-refractivity contribution in [1.29, 1.82) is 0 Å². The maximum Gasteiger partial charge on any atom is 0.340 e. The van der Waals surface area contributed by atoms with Crippen LogP contribution < -0.4 is 10.2 Å². The van der Waals surface area contributed by atoms with Crippen LogP contribution in [0, 0.1) is 29.8 Å². The number of piperidine rings is 1. The van der Waals surface area contributed by atoms with Crippen molar-refractivity contribution in [1.82, 2.24) is 9.97 Å². The van der Waals surface area contributed by atoms with Crippen LogP contribution in [0.3, 0.4) is 0 Å². The summed E-state index contributed by atoms with van der Waals surface area (Å²) < 4.78 is 19.6. The van der Waals surface area contributed by atoms with Gasteiger partial charge in [-0.1, -0.05) is 0 Å². The molecule has 160 valence electrons. The van der Waals surface area contributed by atoms with Crippen LogP contribution in [0.5, 0.6) is 0 Å². The van der Waals surface area contributed by atoms with E-state index in [1.54, 1.807) is 6.92 Å². The number of hydrogen-bond acceptors (Lipinski definition) is 8. The van der Waals surface area contributed by atoms with Crippen LogP contribution >= 0.6 is 0 Å². The molecule has 1 aromatic heterocycles. The summed E-state index contributed by atoms with van der Waals surface area (Å²) >= 11 is 0. The standard InChI is InChI=1S/C20H24FN5O4/c1-4-30-20(27)16-10-15(26(28)29)11-17(21)19(16)24-14-5-7-25(8-6-14)18-9-12(2)22-13(3)23-18/h9-11,14,24H,4-8H2,1-3H3. The summed E-state index contributed by atoms with van der Waals surface area (Å²) in [6.07, 6.45) is 1.36. The summed E-state index contributed by atoms with van der Waals surface area (Å²) in [5.41, 5.74) is 0.162. The normalized spacial score (nSPS) is 14.5. The van der Waals surface area contributed by atoms with Crippen molar-refractivity contribution in [3.63, 3.8) is 0 Å². The van der Waals surface area contributed by atoms with Crippen molar-refractivity contribution in [3.05, 3.63) is 51.2 Å². The molecule has 3 rings (SSSR count). The second-order valence-electron chi connectivity index (χ2n) is 7.15. The van der Waals surface area contributed by atoms with Gasteiger partial charge in [-0.3, -0.25) is 10.1 Å². The van der Waals surface area contributed by atoms with E-state index in [-0.39, 0.29) is 23.9 Å². The van der Waals surface area contributed by atoms with E-state index in [1.165, 1.54) is 0 Å². The van der Waals surface area contributed by atoms with E-state index in [9.17, 15) is 19.3 Å². The number of rotatable bonds is 6. The van der Waals surface area contributed by atoms with Gasteiger partial charge in [0.15, 0.2) is 5.82 Å². The molecule has 0 atom stereocenters. The first-order chi connectivity index (χ1) is 14.3. The SMILES string of the molecule is CCOC(=O)c1cc([N+](=O)[O-])cc(F)c1NC1CCN(c2cc(C)nc(C)n2)CC1. The molecule has 30 heavy (non-hydrogen) atoms. The first kappa shape index (κ1) is 21.4. The number of carbonyl (C=O) groups excluding carboxylic acids is 1. The van der Waals surface area contributed by atoms with Crippen LogP contribution in [0.1, 0.15) is 41.6 Å². The van der Waals surface area contributed by atoms with E-state index in [0.717, 1.165) is 23.6 Å². The number of esters is 1. The molecule has 2 heterocycles. The zero-order valence-corrected chi connectivity index (χ0v) is 17.1. The van der Waals surface area contributed by atoms with Crippen molar-refractivity contribution in [2.45, 2.75) is 39.7 Å². The number of halogens is 1. The van der Waals surface area contributed by atoms with Gasteiger partial charge < -0.3 is 15.0 Å². The molecule has 1 saturated heterocycles. The van der Waals surface area contributed by atoms with Crippen LogP contribution in [-0.2, 0) is 4.74 Å². The molecule has 1 N–H and O–H groups in total. The maximum absolute atomic E-state index is 14.7. The van der Waals surface area contributed by atoms with Crippen LogP contribution in [-0.4, -0.2) is 46.6 Å². The molecule has 1 fully saturated rings. The molecule has 0 saturated carbocycles. The van der Waals surface area contributed by atoms with E-state index < -0.39 is 22.4 Å². The third-order valence-corrected chi connectivity index (χ3v) is 4.90.